The minimum Gasteiger partial charge on any atom is -0.306 e. The van der Waals surface area contributed by atoms with E-state index in [4.69, 9.17) is 0 Å². The van der Waals surface area contributed by atoms with Crippen molar-refractivity contribution in [2.24, 2.45) is 0 Å². The molecule has 60 valence electrons. The molecule has 0 amide bonds. The van der Waals surface area contributed by atoms with Crippen LogP contribution in [-0.2, 0) is 6.54 Å². The number of aromatic amines is 1. The topological polar surface area (TPSA) is 40.7 Å². The van der Waals surface area contributed by atoms with Crippen molar-refractivity contribution in [2.45, 2.75) is 31.8 Å². The molecule has 1 aromatic rings. The van der Waals surface area contributed by atoms with Gasteiger partial charge in [0.25, 0.3) is 0 Å². The number of nitrogens with one attached hydrogen (secondary N) is 2. The van der Waals surface area contributed by atoms with Gasteiger partial charge in [0, 0.05) is 24.0 Å². The van der Waals surface area contributed by atoms with Gasteiger partial charge in [0.05, 0.1) is 0 Å². The second kappa shape index (κ2) is 2.34. The third-order valence-electron chi connectivity index (χ3n) is 2.26. The minimum atomic E-state index is 0.422. The Morgan fingerprint density at radius 1 is 1.73 bits per heavy atom. The maximum absolute atomic E-state index is 3.88. The highest BCUT2D eigenvalue weighted by Crippen LogP contribution is 2.34. The second-order valence-corrected chi connectivity index (χ2v) is 3.50. The molecule has 3 heteroatoms. The van der Waals surface area contributed by atoms with Crippen molar-refractivity contribution in [3.05, 3.63) is 18.0 Å². The fourth-order valence-corrected chi connectivity index (χ4v) is 1.06. The maximum atomic E-state index is 3.88. The lowest BCUT2D eigenvalue weighted by Gasteiger charge is -2.08. The van der Waals surface area contributed by atoms with Crippen LogP contribution in [0, 0.1) is 0 Å². The summed E-state index contributed by atoms with van der Waals surface area (Å²) in [6.45, 7) is 3.17. The first-order chi connectivity index (χ1) is 5.29. The first-order valence-electron chi connectivity index (χ1n) is 4.02. The average Bonchev–Trinajstić information content (AvgIpc) is 2.53. The summed E-state index contributed by atoms with van der Waals surface area (Å²) in [4.78, 5) is 0. The zero-order chi connectivity index (χ0) is 7.73. The molecule has 1 fully saturated rings. The fourth-order valence-electron chi connectivity index (χ4n) is 1.06. The van der Waals surface area contributed by atoms with Crippen LogP contribution in [0.5, 0.6) is 0 Å². The smallest absolute Gasteiger partial charge is 0.0490 e. The van der Waals surface area contributed by atoms with Gasteiger partial charge in [0.2, 0.25) is 0 Å². The van der Waals surface area contributed by atoms with Crippen LogP contribution in [0.2, 0.25) is 0 Å². The van der Waals surface area contributed by atoms with Crippen LogP contribution in [0.25, 0.3) is 0 Å². The van der Waals surface area contributed by atoms with Crippen molar-refractivity contribution in [1.82, 2.24) is 15.5 Å². The molecule has 2 N–H and O–H groups in total. The van der Waals surface area contributed by atoms with Crippen LogP contribution in [-0.4, -0.2) is 15.7 Å². The van der Waals surface area contributed by atoms with Crippen molar-refractivity contribution in [2.75, 3.05) is 0 Å². The third kappa shape index (κ3) is 1.60. The first-order valence-corrected chi connectivity index (χ1v) is 4.02. The second-order valence-electron chi connectivity index (χ2n) is 3.50. The minimum absolute atomic E-state index is 0.422. The summed E-state index contributed by atoms with van der Waals surface area (Å²) in [5.74, 6) is 0. The molecule has 0 radical (unpaired) electrons. The van der Waals surface area contributed by atoms with E-state index < -0.39 is 0 Å². The molecule has 0 bridgehead atoms. The lowest BCUT2D eigenvalue weighted by Crippen LogP contribution is -2.27. The van der Waals surface area contributed by atoms with Crippen molar-refractivity contribution < 1.29 is 0 Å². The Balaban J connectivity index is 1.83. The molecule has 0 atom stereocenters. The summed E-state index contributed by atoms with van der Waals surface area (Å²) >= 11 is 0. The molecule has 11 heavy (non-hydrogen) atoms. The van der Waals surface area contributed by atoms with Gasteiger partial charge in [-0.25, -0.2) is 0 Å². The number of aromatic nitrogens is 2. The first kappa shape index (κ1) is 6.85. The van der Waals surface area contributed by atoms with Crippen LogP contribution >= 0.6 is 0 Å². The maximum Gasteiger partial charge on any atom is 0.0490 e. The highest BCUT2D eigenvalue weighted by atomic mass is 15.1. The van der Waals surface area contributed by atoms with Crippen molar-refractivity contribution in [1.29, 1.82) is 0 Å². The van der Waals surface area contributed by atoms with E-state index >= 15 is 0 Å². The molecule has 0 aromatic carbocycles. The van der Waals surface area contributed by atoms with Crippen LogP contribution in [0.15, 0.2) is 12.3 Å². The molecule has 2 rings (SSSR count). The molecule has 3 nitrogen and oxygen atoms in total. The predicted octanol–water partition coefficient (Wildman–Crippen LogP) is 1.05. The van der Waals surface area contributed by atoms with E-state index in [9.17, 15) is 0 Å². The lowest BCUT2D eigenvalue weighted by molar-refractivity contribution is 0.531. The van der Waals surface area contributed by atoms with Crippen LogP contribution in [0.3, 0.4) is 0 Å². The van der Waals surface area contributed by atoms with Crippen LogP contribution in [0.1, 0.15) is 25.5 Å². The molecule has 0 unspecified atom stereocenters. The van der Waals surface area contributed by atoms with Crippen molar-refractivity contribution >= 4 is 0 Å². The molecule has 1 aromatic heterocycles. The average molecular weight is 151 g/mol. The van der Waals surface area contributed by atoms with Gasteiger partial charge in [-0.2, -0.15) is 5.10 Å². The normalized spacial score (nSPS) is 20.1. The van der Waals surface area contributed by atoms with E-state index in [0.29, 0.717) is 5.54 Å². The van der Waals surface area contributed by atoms with Crippen molar-refractivity contribution in [3.63, 3.8) is 0 Å². The third-order valence-corrected chi connectivity index (χ3v) is 2.26. The summed E-state index contributed by atoms with van der Waals surface area (Å²) in [5, 5.41) is 10.3. The highest BCUT2D eigenvalue weighted by molar-refractivity contribution is 5.02. The zero-order valence-corrected chi connectivity index (χ0v) is 6.72. The summed E-state index contributed by atoms with van der Waals surface area (Å²) in [5.41, 5.74) is 1.59. The summed E-state index contributed by atoms with van der Waals surface area (Å²) in [7, 11) is 0. The van der Waals surface area contributed by atoms with Crippen LogP contribution < -0.4 is 5.32 Å². The van der Waals surface area contributed by atoms with E-state index in [1.807, 2.05) is 6.07 Å². The monoisotopic (exact) mass is 151 g/mol. The molecule has 1 aliphatic carbocycles. The summed E-state index contributed by atoms with van der Waals surface area (Å²) in [6.07, 6.45) is 4.40. The number of H-pyrrole nitrogens is 1. The fraction of sp³-hybridized carbons (Fsp3) is 0.625. The Morgan fingerprint density at radius 3 is 3.09 bits per heavy atom. The van der Waals surface area contributed by atoms with E-state index in [2.05, 4.69) is 22.4 Å². The van der Waals surface area contributed by atoms with Gasteiger partial charge < -0.3 is 5.32 Å². The zero-order valence-electron chi connectivity index (χ0n) is 6.72. The van der Waals surface area contributed by atoms with Crippen LogP contribution in [0.4, 0.5) is 0 Å². The quantitative estimate of drug-likeness (QED) is 0.678. The molecule has 0 spiro atoms. The largest absolute Gasteiger partial charge is 0.306 e. The number of hydrogen-bond acceptors (Lipinski definition) is 2. The standard InChI is InChI=1S/C8H13N3/c1-8(3-4-8)9-6-7-2-5-10-11-7/h2,5,9H,3-4,6H2,1H3,(H,10,11). The number of nitrogens with zero attached hydrogens (tertiary/aromatic N) is 1. The van der Waals surface area contributed by atoms with Gasteiger partial charge in [0.15, 0.2) is 0 Å². The molecular formula is C8H13N3. The van der Waals surface area contributed by atoms with Gasteiger partial charge >= 0.3 is 0 Å². The van der Waals surface area contributed by atoms with Gasteiger partial charge in [0.1, 0.15) is 0 Å². The van der Waals surface area contributed by atoms with Gasteiger partial charge in [-0.15, -0.1) is 0 Å². The van der Waals surface area contributed by atoms with Gasteiger partial charge in [-0.05, 0) is 25.8 Å². The Labute approximate surface area is 66.2 Å². The molecular weight excluding hydrogens is 138 g/mol. The van der Waals surface area contributed by atoms with Crippen molar-refractivity contribution in [3.8, 4) is 0 Å². The summed E-state index contributed by atoms with van der Waals surface area (Å²) < 4.78 is 0. The number of hydrogen-bond donors (Lipinski definition) is 2. The highest BCUT2D eigenvalue weighted by Gasteiger charge is 2.36. The lowest BCUT2D eigenvalue weighted by atomic mass is 10.3. The Hall–Kier alpha value is -0.830. The Bertz CT molecular complexity index is 223. The van der Waals surface area contributed by atoms with Gasteiger partial charge in [-0.1, -0.05) is 0 Å². The van der Waals surface area contributed by atoms with Gasteiger partial charge in [-0.3, -0.25) is 5.10 Å². The molecule has 0 aliphatic heterocycles. The molecule has 1 saturated carbocycles. The van der Waals surface area contributed by atoms with E-state index in [1.165, 1.54) is 12.8 Å². The molecule has 1 aliphatic rings. The summed E-state index contributed by atoms with van der Waals surface area (Å²) in [6, 6.07) is 2.00. The van der Waals surface area contributed by atoms with E-state index in [-0.39, 0.29) is 0 Å². The SMILES string of the molecule is CC1(NCc2ccn[nH]2)CC1. The predicted molar refractivity (Wildman–Crippen MR) is 43.1 cm³/mol. The molecule has 0 saturated heterocycles. The Kier molecular flexibility index (Phi) is 1.46. The van der Waals surface area contributed by atoms with E-state index in [1.54, 1.807) is 6.20 Å². The van der Waals surface area contributed by atoms with E-state index in [0.717, 1.165) is 12.2 Å². The molecule has 1 heterocycles. The number of rotatable bonds is 3. The Morgan fingerprint density at radius 2 is 2.55 bits per heavy atom.